The Bertz CT molecular complexity index is 494. The Balaban J connectivity index is 2.49. The lowest BCUT2D eigenvalue weighted by Crippen LogP contribution is -2.24. The molecule has 2 N–H and O–H groups in total. The number of hydrogen-bond acceptors (Lipinski definition) is 4. The molecule has 0 atom stereocenters. The van der Waals surface area contributed by atoms with Crippen LogP contribution < -0.4 is 10.9 Å². The zero-order valence-corrected chi connectivity index (χ0v) is 12.3. The van der Waals surface area contributed by atoms with Gasteiger partial charge >= 0.3 is 0 Å². The predicted octanol–water partition coefficient (Wildman–Crippen LogP) is 1.60. The van der Waals surface area contributed by atoms with Crippen LogP contribution in [0.5, 0.6) is 0 Å². The maximum atomic E-state index is 11.8. The largest absolute Gasteiger partial charge is 0.396 e. The summed E-state index contributed by atoms with van der Waals surface area (Å²) in [4.78, 5) is 11.8. The van der Waals surface area contributed by atoms with Crippen LogP contribution in [-0.4, -0.2) is 28.0 Å². The SMILES string of the molecule is C#CCn1ncc(NCCCCCCO)c(Br)c1=O. The molecule has 0 radical (unpaired) electrons. The van der Waals surface area contributed by atoms with E-state index in [0.29, 0.717) is 10.2 Å². The molecule has 0 fully saturated rings. The maximum Gasteiger partial charge on any atom is 0.284 e. The number of unbranched alkanes of at least 4 members (excludes halogenated alkanes) is 3. The normalized spacial score (nSPS) is 10.2. The zero-order chi connectivity index (χ0) is 14.1. The Morgan fingerprint density at radius 1 is 1.42 bits per heavy atom. The highest BCUT2D eigenvalue weighted by Gasteiger charge is 2.07. The summed E-state index contributed by atoms with van der Waals surface area (Å²) < 4.78 is 1.68. The Morgan fingerprint density at radius 2 is 2.16 bits per heavy atom. The molecule has 0 saturated carbocycles. The van der Waals surface area contributed by atoms with E-state index < -0.39 is 0 Å². The van der Waals surface area contributed by atoms with Crippen LogP contribution in [0.25, 0.3) is 0 Å². The van der Waals surface area contributed by atoms with Crippen molar-refractivity contribution in [3.63, 3.8) is 0 Å². The Morgan fingerprint density at radius 3 is 2.84 bits per heavy atom. The van der Waals surface area contributed by atoms with Crippen molar-refractivity contribution in [2.75, 3.05) is 18.5 Å². The first kappa shape index (κ1) is 15.7. The minimum absolute atomic E-state index is 0.166. The van der Waals surface area contributed by atoms with Crippen molar-refractivity contribution >= 4 is 21.6 Å². The molecule has 0 aliphatic rings. The Kier molecular flexibility index (Phi) is 7.23. The van der Waals surface area contributed by atoms with E-state index in [0.717, 1.165) is 32.2 Å². The van der Waals surface area contributed by atoms with Gasteiger partial charge in [0.05, 0.1) is 11.9 Å². The molecular weight excluding hydrogens is 310 g/mol. The molecule has 19 heavy (non-hydrogen) atoms. The number of aliphatic hydroxyl groups is 1. The lowest BCUT2D eigenvalue weighted by molar-refractivity contribution is 0.283. The predicted molar refractivity (Wildman–Crippen MR) is 79.1 cm³/mol. The van der Waals surface area contributed by atoms with Gasteiger partial charge < -0.3 is 10.4 Å². The number of hydrogen-bond donors (Lipinski definition) is 2. The number of nitrogens with one attached hydrogen (secondary N) is 1. The maximum absolute atomic E-state index is 11.8. The first-order valence-electron chi connectivity index (χ1n) is 6.24. The number of halogens is 1. The highest BCUT2D eigenvalue weighted by molar-refractivity contribution is 9.10. The van der Waals surface area contributed by atoms with Crippen LogP contribution in [0.2, 0.25) is 0 Å². The number of aliphatic hydroxyl groups excluding tert-OH is 1. The smallest absolute Gasteiger partial charge is 0.284 e. The molecule has 5 nitrogen and oxygen atoms in total. The molecule has 0 spiro atoms. The zero-order valence-electron chi connectivity index (χ0n) is 10.7. The van der Waals surface area contributed by atoms with E-state index in [2.05, 4.69) is 32.3 Å². The van der Waals surface area contributed by atoms with Crippen molar-refractivity contribution in [2.45, 2.75) is 32.2 Å². The monoisotopic (exact) mass is 327 g/mol. The first-order chi connectivity index (χ1) is 9.20. The van der Waals surface area contributed by atoms with Crippen molar-refractivity contribution in [1.82, 2.24) is 9.78 Å². The van der Waals surface area contributed by atoms with Gasteiger partial charge in [-0.1, -0.05) is 18.8 Å². The summed E-state index contributed by atoms with van der Waals surface area (Å²) >= 11 is 3.26. The van der Waals surface area contributed by atoms with Gasteiger partial charge in [0.15, 0.2) is 0 Å². The van der Waals surface area contributed by atoms with E-state index in [1.807, 2.05) is 0 Å². The van der Waals surface area contributed by atoms with Crippen LogP contribution in [-0.2, 0) is 6.54 Å². The topological polar surface area (TPSA) is 67.2 Å². The molecule has 0 unspecified atom stereocenters. The van der Waals surface area contributed by atoms with Gasteiger partial charge in [-0.15, -0.1) is 6.42 Å². The Hall–Kier alpha value is -1.32. The first-order valence-corrected chi connectivity index (χ1v) is 7.03. The minimum Gasteiger partial charge on any atom is -0.396 e. The summed E-state index contributed by atoms with van der Waals surface area (Å²) in [6.45, 7) is 1.18. The van der Waals surface area contributed by atoms with Gasteiger partial charge in [-0.25, -0.2) is 4.68 Å². The molecular formula is C13H18BrN3O2. The molecule has 1 heterocycles. The number of anilines is 1. The average Bonchev–Trinajstić information content (AvgIpc) is 2.41. The standard InChI is InChI=1S/C13H18BrN3O2/c1-2-8-17-13(19)12(14)11(10-16-17)15-7-5-3-4-6-9-18/h1,10,15,18H,3-9H2. The van der Waals surface area contributed by atoms with Crippen molar-refractivity contribution < 1.29 is 5.11 Å². The molecule has 1 aromatic heterocycles. The van der Waals surface area contributed by atoms with Gasteiger partial charge in [-0.2, -0.15) is 5.10 Å². The Labute approximate surface area is 121 Å². The van der Waals surface area contributed by atoms with Gasteiger partial charge in [0.2, 0.25) is 0 Å². The van der Waals surface area contributed by atoms with Gasteiger partial charge in [-0.3, -0.25) is 4.79 Å². The van der Waals surface area contributed by atoms with Gasteiger partial charge in [0, 0.05) is 13.2 Å². The second-order valence-corrected chi connectivity index (χ2v) is 4.90. The van der Waals surface area contributed by atoms with E-state index in [-0.39, 0.29) is 18.7 Å². The van der Waals surface area contributed by atoms with Gasteiger partial charge in [0.1, 0.15) is 11.0 Å². The molecule has 1 aromatic rings. The number of rotatable bonds is 8. The van der Waals surface area contributed by atoms with Crippen molar-refractivity contribution in [2.24, 2.45) is 0 Å². The van der Waals surface area contributed by atoms with Gasteiger partial charge in [0.25, 0.3) is 5.56 Å². The van der Waals surface area contributed by atoms with E-state index in [1.165, 1.54) is 4.68 Å². The lowest BCUT2D eigenvalue weighted by atomic mass is 10.2. The molecule has 104 valence electrons. The molecule has 0 aliphatic carbocycles. The second-order valence-electron chi connectivity index (χ2n) is 4.10. The van der Waals surface area contributed by atoms with Crippen LogP contribution in [0, 0.1) is 12.3 Å². The van der Waals surface area contributed by atoms with Crippen LogP contribution in [0.3, 0.4) is 0 Å². The van der Waals surface area contributed by atoms with Crippen LogP contribution in [0.4, 0.5) is 5.69 Å². The fourth-order valence-corrected chi connectivity index (χ4v) is 2.05. The minimum atomic E-state index is -0.233. The summed E-state index contributed by atoms with van der Waals surface area (Å²) in [5.41, 5.74) is 0.448. The lowest BCUT2D eigenvalue weighted by Gasteiger charge is -2.09. The third-order valence-corrected chi connectivity index (χ3v) is 3.39. The molecule has 6 heteroatoms. The molecule has 0 saturated heterocycles. The second kappa shape index (κ2) is 8.73. The molecule has 0 bridgehead atoms. The van der Waals surface area contributed by atoms with E-state index in [4.69, 9.17) is 11.5 Å². The third-order valence-electron chi connectivity index (χ3n) is 2.63. The summed E-state index contributed by atoms with van der Waals surface area (Å²) in [5, 5.41) is 15.8. The molecule has 0 aliphatic heterocycles. The summed E-state index contributed by atoms with van der Waals surface area (Å²) in [7, 11) is 0. The summed E-state index contributed by atoms with van der Waals surface area (Å²) in [6.07, 6.45) is 10.6. The number of aromatic nitrogens is 2. The highest BCUT2D eigenvalue weighted by atomic mass is 79.9. The number of terminal acetylenes is 1. The van der Waals surface area contributed by atoms with E-state index in [1.54, 1.807) is 6.20 Å². The number of nitrogens with zero attached hydrogens (tertiary/aromatic N) is 2. The summed E-state index contributed by atoms with van der Waals surface area (Å²) in [5.74, 6) is 2.38. The van der Waals surface area contributed by atoms with Gasteiger partial charge in [-0.05, 0) is 28.8 Å². The van der Waals surface area contributed by atoms with Crippen molar-refractivity contribution in [1.29, 1.82) is 0 Å². The van der Waals surface area contributed by atoms with Crippen LogP contribution in [0.1, 0.15) is 25.7 Å². The summed E-state index contributed by atoms with van der Waals surface area (Å²) in [6, 6.07) is 0. The van der Waals surface area contributed by atoms with E-state index in [9.17, 15) is 4.79 Å². The van der Waals surface area contributed by atoms with Crippen molar-refractivity contribution in [3.8, 4) is 12.3 Å². The third kappa shape index (κ3) is 5.05. The van der Waals surface area contributed by atoms with Crippen molar-refractivity contribution in [3.05, 3.63) is 21.0 Å². The fourth-order valence-electron chi connectivity index (χ4n) is 1.60. The van der Waals surface area contributed by atoms with Crippen LogP contribution in [0.15, 0.2) is 15.5 Å². The fraction of sp³-hybridized carbons (Fsp3) is 0.538. The highest BCUT2D eigenvalue weighted by Crippen LogP contribution is 2.16. The molecule has 0 aromatic carbocycles. The van der Waals surface area contributed by atoms with E-state index >= 15 is 0 Å². The van der Waals surface area contributed by atoms with Crippen LogP contribution >= 0.6 is 15.9 Å². The average molecular weight is 328 g/mol. The molecule has 1 rings (SSSR count). The molecule has 0 amide bonds. The quantitative estimate of drug-likeness (QED) is 0.562.